The molecule has 4 rings (SSSR count). The molecule has 0 bridgehead atoms. The molecule has 0 aliphatic heterocycles. The van der Waals surface area contributed by atoms with E-state index in [0.717, 1.165) is 12.1 Å². The standard InChI is InChI=1S/C11H9N.C9H7NO4S.3H2O/c1-2-4-10(5-3-1)11-6-8-12-9-7-11;11-7-3-4-8(15(12,13)14)6-2-1-5-10-9(6)7;;;/h1-9H;1-5,11H,(H,12,13,14);3*1H2. The van der Waals surface area contributed by atoms with E-state index in [1.807, 2.05) is 30.6 Å². The van der Waals surface area contributed by atoms with Crippen molar-refractivity contribution in [3.63, 3.8) is 0 Å². The van der Waals surface area contributed by atoms with Gasteiger partial charge in [-0.15, -0.1) is 0 Å². The first-order valence-corrected chi connectivity index (χ1v) is 9.42. The van der Waals surface area contributed by atoms with Gasteiger partial charge in [0.15, 0.2) is 12.4 Å². The molecule has 0 fully saturated rings. The number of aromatic nitrogens is 2. The Bertz CT molecular complexity index is 1120. The first-order chi connectivity index (χ1) is 13.0. The number of hydrogen-bond acceptors (Lipinski definition) is 5. The Morgan fingerprint density at radius 2 is 1.40 bits per heavy atom. The molecular weight excluding hydrogens is 412 g/mol. The van der Waals surface area contributed by atoms with Gasteiger partial charge in [0.1, 0.15) is 21.4 Å². The number of H-pyrrole nitrogens is 1. The van der Waals surface area contributed by atoms with Gasteiger partial charge in [-0.3, -0.25) is 4.98 Å². The largest absolute Gasteiger partial charge is 0.744 e. The first kappa shape index (κ1) is 26.6. The topological polar surface area (TPSA) is 199 Å². The number of phenolic OH excluding ortho intramolecular Hbond substituents is 1. The van der Waals surface area contributed by atoms with Crippen LogP contribution in [0.25, 0.3) is 22.0 Å². The van der Waals surface area contributed by atoms with Gasteiger partial charge in [-0.1, -0.05) is 30.3 Å². The fourth-order valence-electron chi connectivity index (χ4n) is 2.56. The lowest BCUT2D eigenvalue weighted by molar-refractivity contribution is -0.377. The Morgan fingerprint density at radius 1 is 0.800 bits per heavy atom. The number of rotatable bonds is 2. The second-order valence-electron chi connectivity index (χ2n) is 5.59. The molecule has 0 atom stereocenters. The Kier molecular flexibility index (Phi) is 10.2. The average molecular weight is 434 g/mol. The number of aromatic amines is 1. The lowest BCUT2D eigenvalue weighted by Crippen LogP contribution is -1.99. The maximum absolute atomic E-state index is 10.9. The Labute approximate surface area is 173 Å². The van der Waals surface area contributed by atoms with E-state index >= 15 is 0 Å². The van der Waals surface area contributed by atoms with Crippen molar-refractivity contribution in [3.05, 3.63) is 85.3 Å². The molecule has 0 aliphatic rings. The summed E-state index contributed by atoms with van der Waals surface area (Å²) in [7, 11) is -4.55. The molecule has 160 valence electrons. The van der Waals surface area contributed by atoms with Crippen molar-refractivity contribution in [1.82, 2.24) is 4.98 Å². The Morgan fingerprint density at radius 3 is 2.00 bits per heavy atom. The van der Waals surface area contributed by atoms with Crippen LogP contribution in [-0.4, -0.2) is 39.5 Å². The lowest BCUT2D eigenvalue weighted by Gasteiger charge is -2.10. The highest BCUT2D eigenvalue weighted by Gasteiger charge is 2.10. The fourth-order valence-corrected chi connectivity index (χ4v) is 3.23. The minimum atomic E-state index is -4.55. The van der Waals surface area contributed by atoms with Gasteiger partial charge >= 0.3 is 0 Å². The second kappa shape index (κ2) is 11.6. The highest BCUT2D eigenvalue weighted by Crippen LogP contribution is 2.27. The number of benzene rings is 2. The molecule has 0 aliphatic carbocycles. The molecule has 0 unspecified atom stereocenters. The van der Waals surface area contributed by atoms with Gasteiger partial charge in [0.25, 0.3) is 0 Å². The number of phenols is 1. The summed E-state index contributed by atoms with van der Waals surface area (Å²) < 4.78 is 32.7. The molecule has 30 heavy (non-hydrogen) atoms. The predicted octanol–water partition coefficient (Wildman–Crippen LogP) is 0.538. The van der Waals surface area contributed by atoms with Crippen LogP contribution in [0.3, 0.4) is 0 Å². The molecule has 0 amide bonds. The number of fused-ring (bicyclic) bond motifs is 1. The lowest BCUT2D eigenvalue weighted by atomic mass is 10.1. The van der Waals surface area contributed by atoms with E-state index in [2.05, 4.69) is 34.2 Å². The van der Waals surface area contributed by atoms with E-state index in [0.29, 0.717) is 0 Å². The number of nitrogens with one attached hydrogen (secondary N) is 1. The molecule has 4 aromatic rings. The third kappa shape index (κ3) is 6.30. The summed E-state index contributed by atoms with van der Waals surface area (Å²) >= 11 is 0. The fraction of sp³-hybridized carbons (Fsp3) is 0. The minimum absolute atomic E-state index is 0. The van der Waals surface area contributed by atoms with Gasteiger partial charge in [0, 0.05) is 23.7 Å². The van der Waals surface area contributed by atoms with Crippen molar-refractivity contribution < 1.29 is 39.5 Å². The van der Waals surface area contributed by atoms with Crippen molar-refractivity contribution >= 4 is 21.0 Å². The molecule has 8 N–H and O–H groups in total. The highest BCUT2D eigenvalue weighted by molar-refractivity contribution is 7.86. The van der Waals surface area contributed by atoms with Gasteiger partial charge in [-0.05, 0) is 35.4 Å². The van der Waals surface area contributed by atoms with Crippen LogP contribution in [0.2, 0.25) is 0 Å². The molecule has 0 spiro atoms. The van der Waals surface area contributed by atoms with Gasteiger partial charge in [0.05, 0.1) is 4.90 Å². The number of aromatic hydroxyl groups is 1. The SMILES string of the molecule is O.O.O.O=S(=O)([O-])c1ccc(O)c2ncccc12.c1ccc(-c2cc[nH+]cc2)cc1. The van der Waals surface area contributed by atoms with Crippen LogP contribution in [0.1, 0.15) is 0 Å². The summed E-state index contributed by atoms with van der Waals surface area (Å²) in [4.78, 5) is 6.43. The summed E-state index contributed by atoms with van der Waals surface area (Å²) in [5.41, 5.74) is 2.61. The molecule has 10 heteroatoms. The normalized spacial score (nSPS) is 9.77. The smallest absolute Gasteiger partial charge is 0.167 e. The number of nitrogens with zero attached hydrogens (tertiary/aromatic N) is 1. The molecule has 0 saturated heterocycles. The van der Waals surface area contributed by atoms with E-state index in [4.69, 9.17) is 0 Å². The first-order valence-electron chi connectivity index (χ1n) is 8.01. The average Bonchev–Trinajstić information content (AvgIpc) is 2.69. The molecule has 2 aromatic heterocycles. The van der Waals surface area contributed by atoms with Crippen LogP contribution in [0.4, 0.5) is 0 Å². The van der Waals surface area contributed by atoms with Crippen molar-refractivity contribution in [2.24, 2.45) is 0 Å². The van der Waals surface area contributed by atoms with Crippen LogP contribution >= 0.6 is 0 Å². The zero-order valence-corrected chi connectivity index (χ0v) is 16.4. The Hall–Kier alpha value is -3.41. The molecule has 2 aromatic carbocycles. The molecule has 0 radical (unpaired) electrons. The van der Waals surface area contributed by atoms with Crippen molar-refractivity contribution in [1.29, 1.82) is 0 Å². The zero-order chi connectivity index (χ0) is 19.3. The molecule has 2 heterocycles. The maximum atomic E-state index is 10.9. The van der Waals surface area contributed by atoms with E-state index in [1.165, 1.54) is 29.5 Å². The maximum Gasteiger partial charge on any atom is 0.167 e. The monoisotopic (exact) mass is 434 g/mol. The van der Waals surface area contributed by atoms with Crippen molar-refractivity contribution in [2.45, 2.75) is 4.90 Å². The van der Waals surface area contributed by atoms with Crippen LogP contribution in [0.15, 0.2) is 90.2 Å². The second-order valence-corrected chi connectivity index (χ2v) is 6.94. The summed E-state index contributed by atoms with van der Waals surface area (Å²) in [6.07, 6.45) is 5.27. The van der Waals surface area contributed by atoms with Crippen LogP contribution in [0.5, 0.6) is 5.75 Å². The van der Waals surface area contributed by atoms with E-state index in [9.17, 15) is 18.1 Å². The minimum Gasteiger partial charge on any atom is -0.744 e. The molecule has 0 saturated carbocycles. The van der Waals surface area contributed by atoms with Crippen molar-refractivity contribution in [2.75, 3.05) is 0 Å². The van der Waals surface area contributed by atoms with Gasteiger partial charge in [-0.25, -0.2) is 13.4 Å². The molecular formula is C20H22N2O7S. The zero-order valence-electron chi connectivity index (χ0n) is 15.6. The number of hydrogen-bond donors (Lipinski definition) is 1. The summed E-state index contributed by atoms with van der Waals surface area (Å²) in [6.45, 7) is 0. The summed E-state index contributed by atoms with van der Waals surface area (Å²) in [5, 5.41) is 9.53. The van der Waals surface area contributed by atoms with Crippen LogP contribution < -0.4 is 4.98 Å². The summed E-state index contributed by atoms with van der Waals surface area (Å²) in [6, 6.07) is 19.6. The third-order valence-electron chi connectivity index (χ3n) is 3.80. The molecule has 9 nitrogen and oxygen atoms in total. The van der Waals surface area contributed by atoms with Gasteiger partial charge in [0.2, 0.25) is 0 Å². The van der Waals surface area contributed by atoms with Gasteiger partial charge < -0.3 is 26.1 Å². The van der Waals surface area contributed by atoms with E-state index < -0.39 is 10.1 Å². The quantitative estimate of drug-likeness (QED) is 0.448. The Balaban J connectivity index is 0.000000519. The summed E-state index contributed by atoms with van der Waals surface area (Å²) in [5.74, 6) is -0.155. The van der Waals surface area contributed by atoms with Gasteiger partial charge in [-0.2, -0.15) is 0 Å². The highest BCUT2D eigenvalue weighted by atomic mass is 32.2. The predicted molar refractivity (Wildman–Crippen MR) is 111 cm³/mol. The van der Waals surface area contributed by atoms with Crippen LogP contribution in [-0.2, 0) is 10.1 Å². The van der Waals surface area contributed by atoms with E-state index in [-0.39, 0.29) is 38.0 Å². The third-order valence-corrected chi connectivity index (χ3v) is 4.70. The number of pyridine rings is 2. The van der Waals surface area contributed by atoms with Crippen LogP contribution in [0, 0.1) is 0 Å². The van der Waals surface area contributed by atoms with E-state index in [1.54, 1.807) is 0 Å². The van der Waals surface area contributed by atoms with Crippen molar-refractivity contribution in [3.8, 4) is 16.9 Å².